The molecule has 2 aliphatic rings. The fourth-order valence-corrected chi connectivity index (χ4v) is 5.11. The zero-order valence-electron chi connectivity index (χ0n) is 13.8. The number of nitrogens with one attached hydrogen (secondary N) is 1. The molecule has 1 saturated heterocycles. The van der Waals surface area contributed by atoms with E-state index < -0.39 is 10.0 Å². The van der Waals surface area contributed by atoms with E-state index in [2.05, 4.69) is 5.32 Å². The van der Waals surface area contributed by atoms with Crippen LogP contribution in [0.25, 0.3) is 0 Å². The van der Waals surface area contributed by atoms with E-state index in [1.165, 1.54) is 28.6 Å². The van der Waals surface area contributed by atoms with Crippen LogP contribution in [-0.4, -0.2) is 31.8 Å². The third kappa shape index (κ3) is 2.95. The third-order valence-electron chi connectivity index (χ3n) is 4.65. The van der Waals surface area contributed by atoms with Gasteiger partial charge in [0, 0.05) is 6.54 Å². The summed E-state index contributed by atoms with van der Waals surface area (Å²) in [6.07, 6.45) is 1.40. The molecule has 2 aliphatic heterocycles. The van der Waals surface area contributed by atoms with Crippen molar-refractivity contribution < 1.29 is 22.3 Å². The van der Waals surface area contributed by atoms with Crippen molar-refractivity contribution in [1.29, 1.82) is 0 Å². The first-order valence-electron chi connectivity index (χ1n) is 8.29. The second-order valence-corrected chi connectivity index (χ2v) is 8.21. The molecule has 1 unspecified atom stereocenters. The number of hydrogen-bond acceptors (Lipinski definition) is 4. The Labute approximate surface area is 150 Å². The number of ether oxygens (including phenoxy) is 1. The van der Waals surface area contributed by atoms with Gasteiger partial charge in [-0.15, -0.1) is 0 Å². The summed E-state index contributed by atoms with van der Waals surface area (Å²) < 4.78 is 46.2. The molecule has 0 radical (unpaired) electrons. The van der Waals surface area contributed by atoms with Crippen molar-refractivity contribution in [1.82, 2.24) is 4.31 Å². The van der Waals surface area contributed by atoms with Crippen LogP contribution >= 0.6 is 0 Å². The highest BCUT2D eigenvalue weighted by Gasteiger charge is 2.36. The van der Waals surface area contributed by atoms with Gasteiger partial charge in [-0.2, -0.15) is 4.31 Å². The Morgan fingerprint density at radius 2 is 1.92 bits per heavy atom. The van der Waals surface area contributed by atoms with Crippen LogP contribution in [0.2, 0.25) is 0 Å². The summed E-state index contributed by atoms with van der Waals surface area (Å²) in [5.74, 6) is -0.232. The Kier molecular flexibility index (Phi) is 4.16. The van der Waals surface area contributed by atoms with Crippen LogP contribution in [0.15, 0.2) is 47.4 Å². The summed E-state index contributed by atoms with van der Waals surface area (Å²) in [4.78, 5) is 11.6. The lowest BCUT2D eigenvalue weighted by Gasteiger charge is -2.25. The lowest BCUT2D eigenvalue weighted by molar-refractivity contribution is -0.118. The van der Waals surface area contributed by atoms with Gasteiger partial charge in [0.25, 0.3) is 5.91 Å². The second kappa shape index (κ2) is 6.37. The van der Waals surface area contributed by atoms with Crippen LogP contribution in [0.3, 0.4) is 0 Å². The molecular weight excluding hydrogens is 359 g/mol. The first-order valence-corrected chi connectivity index (χ1v) is 9.73. The minimum Gasteiger partial charge on any atom is -0.482 e. The number of halogens is 1. The van der Waals surface area contributed by atoms with Crippen molar-refractivity contribution >= 4 is 21.6 Å². The van der Waals surface area contributed by atoms with Crippen LogP contribution in [0.1, 0.15) is 24.4 Å². The maximum absolute atomic E-state index is 13.2. The average molecular weight is 376 g/mol. The first kappa shape index (κ1) is 17.0. The molecule has 2 aromatic rings. The van der Waals surface area contributed by atoms with Gasteiger partial charge in [-0.1, -0.05) is 12.1 Å². The van der Waals surface area contributed by atoms with E-state index in [0.29, 0.717) is 24.4 Å². The summed E-state index contributed by atoms with van der Waals surface area (Å²) >= 11 is 0. The maximum Gasteiger partial charge on any atom is 0.262 e. The van der Waals surface area contributed by atoms with Gasteiger partial charge >= 0.3 is 0 Å². The summed E-state index contributed by atoms with van der Waals surface area (Å²) in [7, 11) is -3.76. The Morgan fingerprint density at radius 3 is 2.69 bits per heavy atom. The largest absolute Gasteiger partial charge is 0.482 e. The molecule has 26 heavy (non-hydrogen) atoms. The maximum atomic E-state index is 13.2. The van der Waals surface area contributed by atoms with Crippen LogP contribution in [-0.2, 0) is 14.8 Å². The molecule has 1 amide bonds. The third-order valence-corrected chi connectivity index (χ3v) is 6.55. The van der Waals surface area contributed by atoms with Crippen molar-refractivity contribution in [2.75, 3.05) is 18.5 Å². The number of benzene rings is 2. The van der Waals surface area contributed by atoms with Gasteiger partial charge in [-0.05, 0) is 48.7 Å². The van der Waals surface area contributed by atoms with Gasteiger partial charge in [0.1, 0.15) is 11.6 Å². The molecule has 0 aliphatic carbocycles. The minimum absolute atomic E-state index is 0.0855. The number of fused-ring (bicyclic) bond motifs is 1. The molecule has 136 valence electrons. The molecule has 1 N–H and O–H groups in total. The normalized spacial score (nSPS) is 20.3. The van der Waals surface area contributed by atoms with Crippen LogP contribution in [0.4, 0.5) is 10.1 Å². The summed E-state index contributed by atoms with van der Waals surface area (Å²) in [6, 6.07) is 10.0. The Hall–Kier alpha value is -2.45. The SMILES string of the molecule is O=C1COc2ccc(S(=O)(=O)N3CCCC3c3ccc(F)cc3)cc2N1. The van der Waals surface area contributed by atoms with Gasteiger partial charge in [-0.25, -0.2) is 12.8 Å². The van der Waals surface area contributed by atoms with Gasteiger partial charge < -0.3 is 10.1 Å². The second-order valence-electron chi connectivity index (χ2n) is 6.32. The number of rotatable bonds is 3. The predicted molar refractivity (Wildman–Crippen MR) is 92.8 cm³/mol. The quantitative estimate of drug-likeness (QED) is 0.894. The van der Waals surface area contributed by atoms with E-state index in [-0.39, 0.29) is 29.3 Å². The molecule has 2 heterocycles. The van der Waals surface area contributed by atoms with Crippen LogP contribution in [0, 0.1) is 5.82 Å². The molecule has 1 fully saturated rings. The van der Waals surface area contributed by atoms with E-state index in [1.54, 1.807) is 18.2 Å². The smallest absolute Gasteiger partial charge is 0.262 e. The fourth-order valence-electron chi connectivity index (χ4n) is 3.40. The molecule has 6 nitrogen and oxygen atoms in total. The summed E-state index contributed by atoms with van der Waals surface area (Å²) in [5, 5.41) is 2.62. The van der Waals surface area contributed by atoms with Gasteiger partial charge in [-0.3, -0.25) is 4.79 Å². The monoisotopic (exact) mass is 376 g/mol. The molecule has 2 aromatic carbocycles. The van der Waals surface area contributed by atoms with Crippen molar-refractivity contribution in [3.8, 4) is 5.75 Å². The fraction of sp³-hybridized carbons (Fsp3) is 0.278. The standard InChI is InChI=1S/C18H17FN2O4S/c19-13-5-3-12(4-6-13)16-2-1-9-21(16)26(23,24)14-7-8-17-15(10-14)20-18(22)11-25-17/h3-8,10,16H,1-2,9,11H2,(H,20,22). The molecule has 0 saturated carbocycles. The number of carbonyl (C=O) groups is 1. The van der Waals surface area contributed by atoms with Crippen molar-refractivity contribution in [3.05, 3.63) is 53.8 Å². The van der Waals surface area contributed by atoms with Crippen LogP contribution in [0.5, 0.6) is 5.75 Å². The topological polar surface area (TPSA) is 75.7 Å². The molecular formula is C18H17FN2O4S. The number of hydrogen-bond donors (Lipinski definition) is 1. The van der Waals surface area contributed by atoms with Crippen molar-refractivity contribution in [3.63, 3.8) is 0 Å². The number of anilines is 1. The van der Waals surface area contributed by atoms with Gasteiger partial charge in [0.15, 0.2) is 6.61 Å². The molecule has 0 aromatic heterocycles. The average Bonchev–Trinajstić information content (AvgIpc) is 3.12. The number of carbonyl (C=O) groups excluding carboxylic acids is 1. The molecule has 8 heteroatoms. The van der Waals surface area contributed by atoms with Gasteiger partial charge in [0.05, 0.1) is 16.6 Å². The van der Waals surface area contributed by atoms with E-state index in [9.17, 15) is 17.6 Å². The highest BCUT2D eigenvalue weighted by Crippen LogP contribution is 2.38. The molecule has 4 rings (SSSR count). The van der Waals surface area contributed by atoms with E-state index in [1.807, 2.05) is 0 Å². The zero-order valence-corrected chi connectivity index (χ0v) is 14.6. The van der Waals surface area contributed by atoms with Crippen molar-refractivity contribution in [2.45, 2.75) is 23.8 Å². The van der Waals surface area contributed by atoms with E-state index in [4.69, 9.17) is 4.74 Å². The number of nitrogens with zero attached hydrogens (tertiary/aromatic N) is 1. The Morgan fingerprint density at radius 1 is 1.15 bits per heavy atom. The van der Waals surface area contributed by atoms with Gasteiger partial charge in [0.2, 0.25) is 10.0 Å². The highest BCUT2D eigenvalue weighted by atomic mass is 32.2. The molecule has 0 spiro atoms. The van der Waals surface area contributed by atoms with Crippen LogP contribution < -0.4 is 10.1 Å². The highest BCUT2D eigenvalue weighted by molar-refractivity contribution is 7.89. The first-order chi connectivity index (χ1) is 12.4. The number of sulfonamides is 1. The number of amides is 1. The minimum atomic E-state index is -3.76. The Bertz CT molecular complexity index is 960. The zero-order chi connectivity index (χ0) is 18.3. The van der Waals surface area contributed by atoms with Crippen molar-refractivity contribution in [2.24, 2.45) is 0 Å². The lowest BCUT2D eigenvalue weighted by atomic mass is 10.1. The molecule has 0 bridgehead atoms. The molecule has 1 atom stereocenters. The summed E-state index contributed by atoms with van der Waals surface area (Å²) in [6.45, 7) is 0.308. The van der Waals surface area contributed by atoms with E-state index in [0.717, 1.165) is 12.0 Å². The lowest BCUT2D eigenvalue weighted by Crippen LogP contribution is -2.31. The van der Waals surface area contributed by atoms with E-state index >= 15 is 0 Å². The summed E-state index contributed by atoms with van der Waals surface area (Å²) in [5.41, 5.74) is 1.11. The Balaban J connectivity index is 1.68. The predicted octanol–water partition coefficient (Wildman–Crippen LogP) is 2.68.